The molecule has 2 aliphatic rings. The number of pyridine rings is 1. The highest BCUT2D eigenvalue weighted by Gasteiger charge is 2.39. The van der Waals surface area contributed by atoms with Gasteiger partial charge in [0.05, 0.1) is 36.0 Å². The second-order valence-electron chi connectivity index (χ2n) is 8.50. The Kier molecular flexibility index (Phi) is 5.55. The molecule has 5 rings (SSSR count). The predicted molar refractivity (Wildman–Crippen MR) is 122 cm³/mol. The van der Waals surface area contributed by atoms with E-state index in [1.165, 1.54) is 12.8 Å². The van der Waals surface area contributed by atoms with Gasteiger partial charge in [-0.2, -0.15) is 0 Å². The zero-order valence-corrected chi connectivity index (χ0v) is 17.6. The van der Waals surface area contributed by atoms with E-state index in [9.17, 15) is 4.79 Å². The van der Waals surface area contributed by atoms with Gasteiger partial charge in [-0.25, -0.2) is 9.97 Å². The highest BCUT2D eigenvalue weighted by Crippen LogP contribution is 2.43. The number of nitrogens with one attached hydrogen (secondary N) is 1. The molecule has 5 N–H and O–H groups in total. The van der Waals surface area contributed by atoms with E-state index < -0.39 is 5.91 Å². The maximum Gasteiger partial charge on any atom is 0.278 e. The molecule has 0 spiro atoms. The molecule has 3 unspecified atom stereocenters. The Balaban J connectivity index is 1.40. The molecule has 8 nitrogen and oxygen atoms in total. The third-order valence-corrected chi connectivity index (χ3v) is 6.07. The van der Waals surface area contributed by atoms with E-state index in [0.717, 1.165) is 17.5 Å². The zero-order valence-electron chi connectivity index (χ0n) is 17.6. The van der Waals surface area contributed by atoms with Gasteiger partial charge in [0.1, 0.15) is 0 Å². The van der Waals surface area contributed by atoms with Crippen LogP contribution in [0.4, 0.5) is 11.5 Å². The number of nitrogens with zero attached hydrogens (tertiary/aromatic N) is 3. The summed E-state index contributed by atoms with van der Waals surface area (Å²) in [7, 11) is 0. The number of carbonyl (C=O) groups is 1. The lowest BCUT2D eigenvalue weighted by Crippen LogP contribution is -2.37. The number of ether oxygens (including phenoxy) is 1. The van der Waals surface area contributed by atoms with E-state index in [4.69, 9.17) is 16.2 Å². The Morgan fingerprint density at radius 1 is 1.09 bits per heavy atom. The molecule has 1 aliphatic heterocycles. The van der Waals surface area contributed by atoms with Crippen molar-refractivity contribution in [2.24, 2.45) is 11.7 Å². The molecule has 3 atom stereocenters. The van der Waals surface area contributed by atoms with Crippen molar-refractivity contribution in [1.29, 1.82) is 0 Å². The van der Waals surface area contributed by atoms with E-state index in [1.54, 1.807) is 18.6 Å². The normalized spacial score (nSPS) is 23.0. The fourth-order valence-corrected chi connectivity index (χ4v) is 4.25. The van der Waals surface area contributed by atoms with Crippen LogP contribution in [-0.2, 0) is 4.74 Å². The van der Waals surface area contributed by atoms with E-state index in [-0.39, 0.29) is 29.8 Å². The third kappa shape index (κ3) is 4.32. The Morgan fingerprint density at radius 2 is 1.91 bits per heavy atom. The maximum absolute atomic E-state index is 13.1. The quantitative estimate of drug-likeness (QED) is 0.566. The van der Waals surface area contributed by atoms with Crippen molar-refractivity contribution >= 4 is 17.4 Å². The van der Waals surface area contributed by atoms with Crippen molar-refractivity contribution in [3.8, 4) is 11.3 Å². The lowest BCUT2D eigenvalue weighted by Gasteiger charge is -2.35. The summed E-state index contributed by atoms with van der Waals surface area (Å²) in [5, 5.41) is 2.91. The van der Waals surface area contributed by atoms with Gasteiger partial charge >= 0.3 is 0 Å². The zero-order chi connectivity index (χ0) is 22.1. The average Bonchev–Trinajstić information content (AvgIpc) is 3.65. The first-order valence-corrected chi connectivity index (χ1v) is 10.9. The molecule has 3 aromatic rings. The number of benzene rings is 1. The van der Waals surface area contributed by atoms with E-state index in [1.807, 2.05) is 36.4 Å². The minimum atomic E-state index is -0.444. The van der Waals surface area contributed by atoms with Crippen molar-refractivity contribution in [3.05, 3.63) is 66.2 Å². The van der Waals surface area contributed by atoms with Gasteiger partial charge in [0.2, 0.25) is 0 Å². The van der Waals surface area contributed by atoms with Crippen LogP contribution in [0, 0.1) is 5.92 Å². The summed E-state index contributed by atoms with van der Waals surface area (Å²) in [5.41, 5.74) is 15.2. The van der Waals surface area contributed by atoms with Gasteiger partial charge < -0.3 is 21.5 Å². The number of hydrogen-bond donors (Lipinski definition) is 3. The van der Waals surface area contributed by atoms with Crippen LogP contribution in [0.15, 0.2) is 55.0 Å². The van der Waals surface area contributed by atoms with Crippen LogP contribution in [0.25, 0.3) is 11.3 Å². The van der Waals surface area contributed by atoms with Crippen LogP contribution in [0.3, 0.4) is 0 Å². The number of rotatable bonds is 5. The van der Waals surface area contributed by atoms with Gasteiger partial charge in [-0.1, -0.05) is 30.3 Å². The molecule has 0 bridgehead atoms. The van der Waals surface area contributed by atoms with Crippen LogP contribution in [-0.4, -0.2) is 33.0 Å². The highest BCUT2D eigenvalue weighted by atomic mass is 16.5. The lowest BCUT2D eigenvalue weighted by molar-refractivity contribution is -0.0682. The number of nitrogen functional groups attached to an aromatic ring is 1. The van der Waals surface area contributed by atoms with Gasteiger partial charge in [0, 0.05) is 23.4 Å². The van der Waals surface area contributed by atoms with Crippen LogP contribution in [0.1, 0.15) is 47.8 Å². The monoisotopic (exact) mass is 430 g/mol. The second kappa shape index (κ2) is 8.64. The van der Waals surface area contributed by atoms with Gasteiger partial charge in [-0.15, -0.1) is 0 Å². The standard InChI is InChI=1S/C24H26N6O2/c25-16-10-20(15-6-7-15)32-21(11-16)17-8-9-27-12-19(17)30-24(31)22-23(26)28-13-18(29-22)14-4-2-1-3-5-14/h1-5,8-9,12-13,15-16,20-21H,6-7,10-11,25H2,(H2,26,28)(H,30,31). The van der Waals surface area contributed by atoms with Crippen molar-refractivity contribution in [3.63, 3.8) is 0 Å². The molecule has 164 valence electrons. The summed E-state index contributed by atoms with van der Waals surface area (Å²) in [6.45, 7) is 0. The van der Waals surface area contributed by atoms with Crippen molar-refractivity contribution < 1.29 is 9.53 Å². The van der Waals surface area contributed by atoms with E-state index >= 15 is 0 Å². The number of anilines is 2. The molecule has 1 saturated carbocycles. The van der Waals surface area contributed by atoms with Gasteiger partial charge in [-0.3, -0.25) is 9.78 Å². The molecular formula is C24H26N6O2. The molecule has 3 heterocycles. The molecule has 2 fully saturated rings. The fraction of sp³-hybridized carbons (Fsp3) is 0.333. The number of carbonyl (C=O) groups excluding carboxylic acids is 1. The third-order valence-electron chi connectivity index (χ3n) is 6.07. The first-order valence-electron chi connectivity index (χ1n) is 10.9. The summed E-state index contributed by atoms with van der Waals surface area (Å²) >= 11 is 0. The Morgan fingerprint density at radius 3 is 2.69 bits per heavy atom. The van der Waals surface area contributed by atoms with Crippen LogP contribution in [0.2, 0.25) is 0 Å². The van der Waals surface area contributed by atoms with E-state index in [2.05, 4.69) is 20.3 Å². The minimum absolute atomic E-state index is 0.0670. The Bertz CT molecular complexity index is 1120. The molecule has 0 radical (unpaired) electrons. The summed E-state index contributed by atoms with van der Waals surface area (Å²) in [6, 6.07) is 11.5. The summed E-state index contributed by atoms with van der Waals surface area (Å²) < 4.78 is 6.38. The van der Waals surface area contributed by atoms with Crippen molar-refractivity contribution in [2.45, 2.75) is 43.9 Å². The van der Waals surface area contributed by atoms with Crippen LogP contribution < -0.4 is 16.8 Å². The molecule has 32 heavy (non-hydrogen) atoms. The Labute approximate surface area is 186 Å². The second-order valence-corrected chi connectivity index (χ2v) is 8.50. The molecule has 1 saturated heterocycles. The van der Waals surface area contributed by atoms with Gasteiger partial charge in [-0.05, 0) is 37.7 Å². The van der Waals surface area contributed by atoms with Gasteiger partial charge in [0.15, 0.2) is 11.5 Å². The smallest absolute Gasteiger partial charge is 0.278 e. The lowest BCUT2D eigenvalue weighted by atomic mass is 9.92. The summed E-state index contributed by atoms with van der Waals surface area (Å²) in [6.07, 6.45) is 8.82. The molecule has 1 amide bonds. The molecule has 1 aliphatic carbocycles. The molecule has 8 heteroatoms. The van der Waals surface area contributed by atoms with Crippen LogP contribution in [0.5, 0.6) is 0 Å². The fourth-order valence-electron chi connectivity index (χ4n) is 4.25. The highest BCUT2D eigenvalue weighted by molar-refractivity contribution is 6.06. The van der Waals surface area contributed by atoms with Crippen molar-refractivity contribution in [2.75, 3.05) is 11.1 Å². The average molecular weight is 431 g/mol. The maximum atomic E-state index is 13.1. The topological polar surface area (TPSA) is 129 Å². The van der Waals surface area contributed by atoms with E-state index in [0.29, 0.717) is 23.7 Å². The SMILES string of the molecule is Nc1ncc(-c2ccccc2)nc1C(=O)Nc1cnccc1C1CC(N)CC(C2CC2)O1. The number of hydrogen-bond acceptors (Lipinski definition) is 7. The Hall–Kier alpha value is -3.36. The molecule has 2 aromatic heterocycles. The van der Waals surface area contributed by atoms with Crippen molar-refractivity contribution in [1.82, 2.24) is 15.0 Å². The number of aromatic nitrogens is 3. The summed E-state index contributed by atoms with van der Waals surface area (Å²) in [5.74, 6) is 0.220. The largest absolute Gasteiger partial charge is 0.382 e. The molecular weight excluding hydrogens is 404 g/mol. The summed E-state index contributed by atoms with van der Waals surface area (Å²) in [4.78, 5) is 25.9. The predicted octanol–water partition coefficient (Wildman–Crippen LogP) is 3.33. The minimum Gasteiger partial charge on any atom is -0.382 e. The molecule has 1 aromatic carbocycles. The first-order chi connectivity index (χ1) is 15.6. The number of nitrogens with two attached hydrogens (primary N) is 2. The van der Waals surface area contributed by atoms with Crippen LogP contribution >= 0.6 is 0 Å². The first kappa shape index (κ1) is 20.5. The van der Waals surface area contributed by atoms with Gasteiger partial charge in [0.25, 0.3) is 5.91 Å². The number of amides is 1.